The summed E-state index contributed by atoms with van der Waals surface area (Å²) in [5, 5.41) is 21.4. The van der Waals surface area contributed by atoms with Crippen molar-refractivity contribution >= 4 is 6.09 Å². The second-order valence-corrected chi connectivity index (χ2v) is 6.64. The van der Waals surface area contributed by atoms with Gasteiger partial charge in [-0.15, -0.1) is 5.10 Å². The van der Waals surface area contributed by atoms with Gasteiger partial charge < -0.3 is 15.2 Å². The summed E-state index contributed by atoms with van der Waals surface area (Å²) < 4.78 is 5.46. The molecule has 1 amide bonds. The normalized spacial score (nSPS) is 18.2. The van der Waals surface area contributed by atoms with E-state index in [1.54, 1.807) is 14.0 Å². The van der Waals surface area contributed by atoms with E-state index in [0.717, 1.165) is 41.6 Å². The van der Waals surface area contributed by atoms with E-state index >= 15 is 0 Å². The zero-order chi connectivity index (χ0) is 18.5. The molecular weight excluding hydrogens is 330 g/mol. The van der Waals surface area contributed by atoms with Crippen LogP contribution < -0.4 is 5.32 Å². The molecule has 6 nitrogen and oxygen atoms in total. The molecule has 2 atom stereocenters. The number of aromatic nitrogens is 2. The van der Waals surface area contributed by atoms with Gasteiger partial charge in [-0.3, -0.25) is 0 Å². The molecule has 0 aliphatic heterocycles. The molecule has 1 heterocycles. The van der Waals surface area contributed by atoms with Gasteiger partial charge in [-0.05, 0) is 50.2 Å². The number of alkyl carbamates (subject to hydrolysis) is 1. The molecular formula is C20H25N3O3. The topological polar surface area (TPSA) is 84.3 Å². The molecule has 1 aromatic carbocycles. The van der Waals surface area contributed by atoms with Crippen LogP contribution in [0.5, 0.6) is 0 Å². The Balaban J connectivity index is 1.97. The first-order chi connectivity index (χ1) is 12.6. The number of hydrogen-bond acceptors (Lipinski definition) is 5. The molecule has 0 fully saturated rings. The van der Waals surface area contributed by atoms with Gasteiger partial charge in [-0.1, -0.05) is 30.3 Å². The number of carbonyl (C=O) groups is 1. The van der Waals surface area contributed by atoms with Gasteiger partial charge in [-0.2, -0.15) is 5.10 Å². The van der Waals surface area contributed by atoms with Crippen molar-refractivity contribution in [2.24, 2.45) is 0 Å². The van der Waals surface area contributed by atoms with Gasteiger partial charge in [0.2, 0.25) is 0 Å². The average molecular weight is 355 g/mol. The Kier molecular flexibility index (Phi) is 5.83. The van der Waals surface area contributed by atoms with Crippen LogP contribution in [0.25, 0.3) is 11.3 Å². The predicted octanol–water partition coefficient (Wildman–Crippen LogP) is 3.19. The molecule has 1 aromatic heterocycles. The van der Waals surface area contributed by atoms with E-state index in [9.17, 15) is 9.90 Å². The van der Waals surface area contributed by atoms with E-state index in [2.05, 4.69) is 15.5 Å². The third kappa shape index (κ3) is 4.02. The first-order valence-corrected chi connectivity index (χ1v) is 9.10. The first-order valence-electron chi connectivity index (χ1n) is 9.10. The molecule has 1 aliphatic carbocycles. The highest BCUT2D eigenvalue weighted by atomic mass is 16.6. The van der Waals surface area contributed by atoms with Crippen molar-refractivity contribution in [2.75, 3.05) is 7.05 Å². The van der Waals surface area contributed by atoms with Crippen LogP contribution in [0.1, 0.15) is 49.1 Å². The molecule has 2 unspecified atom stereocenters. The monoisotopic (exact) mass is 355 g/mol. The molecule has 138 valence electrons. The van der Waals surface area contributed by atoms with E-state index in [0.29, 0.717) is 18.5 Å². The summed E-state index contributed by atoms with van der Waals surface area (Å²) >= 11 is 0. The predicted molar refractivity (Wildman–Crippen MR) is 98.7 cm³/mol. The van der Waals surface area contributed by atoms with Crippen molar-refractivity contribution in [1.29, 1.82) is 0 Å². The molecule has 6 heteroatoms. The lowest BCUT2D eigenvalue weighted by atomic mass is 9.88. The van der Waals surface area contributed by atoms with Gasteiger partial charge in [0.1, 0.15) is 6.10 Å². The summed E-state index contributed by atoms with van der Waals surface area (Å²) in [7, 11) is 1.56. The number of ether oxygens (including phenoxy) is 1. The Bertz CT molecular complexity index is 762. The molecule has 2 N–H and O–H groups in total. The van der Waals surface area contributed by atoms with Crippen LogP contribution in [0.15, 0.2) is 30.3 Å². The average Bonchev–Trinajstić information content (AvgIpc) is 2.64. The molecule has 26 heavy (non-hydrogen) atoms. The van der Waals surface area contributed by atoms with Gasteiger partial charge in [-0.25, -0.2) is 4.79 Å². The molecule has 0 spiro atoms. The number of carbonyl (C=O) groups excluding carboxylic acids is 1. The van der Waals surface area contributed by atoms with E-state index in [4.69, 9.17) is 4.74 Å². The van der Waals surface area contributed by atoms with Crippen molar-refractivity contribution < 1.29 is 14.6 Å². The summed E-state index contributed by atoms with van der Waals surface area (Å²) in [6, 6.07) is 10.0. The highest BCUT2D eigenvalue weighted by Crippen LogP contribution is 2.32. The Hall–Kier alpha value is -2.47. The van der Waals surface area contributed by atoms with Crippen molar-refractivity contribution in [3.63, 3.8) is 0 Å². The molecule has 0 radical (unpaired) electrons. The fraction of sp³-hybridized carbons (Fsp3) is 0.450. The molecule has 2 aromatic rings. The summed E-state index contributed by atoms with van der Waals surface area (Å²) in [5.41, 5.74) is 4.74. The summed E-state index contributed by atoms with van der Waals surface area (Å²) in [5.74, 6) is 0. The minimum absolute atomic E-state index is 0.127. The number of amides is 1. The number of aliphatic hydroxyl groups excluding tert-OH is 1. The third-order valence-electron chi connectivity index (χ3n) is 4.81. The van der Waals surface area contributed by atoms with Gasteiger partial charge in [0, 0.05) is 12.6 Å². The number of nitrogens with zero attached hydrogens (tertiary/aromatic N) is 2. The minimum Gasteiger partial charge on any atom is -0.446 e. The maximum absolute atomic E-state index is 11.5. The fourth-order valence-electron chi connectivity index (χ4n) is 3.52. The molecule has 0 saturated heterocycles. The number of aliphatic hydroxyl groups is 1. The number of fused-ring (bicyclic) bond motifs is 1. The molecule has 3 rings (SSSR count). The number of nitrogens with one attached hydrogen (secondary N) is 1. The maximum Gasteiger partial charge on any atom is 0.407 e. The van der Waals surface area contributed by atoms with E-state index in [-0.39, 0.29) is 6.10 Å². The van der Waals surface area contributed by atoms with Crippen molar-refractivity contribution in [2.45, 2.75) is 51.2 Å². The molecule has 0 bridgehead atoms. The molecule has 1 aliphatic rings. The number of benzene rings is 1. The second-order valence-electron chi connectivity index (χ2n) is 6.64. The highest BCUT2D eigenvalue weighted by Gasteiger charge is 2.24. The van der Waals surface area contributed by atoms with Gasteiger partial charge >= 0.3 is 6.09 Å². The number of rotatable bonds is 3. The van der Waals surface area contributed by atoms with Gasteiger partial charge in [0.25, 0.3) is 0 Å². The third-order valence-corrected chi connectivity index (χ3v) is 4.81. The van der Waals surface area contributed by atoms with Gasteiger partial charge in [0.05, 0.1) is 17.5 Å². The lowest BCUT2D eigenvalue weighted by Gasteiger charge is -2.24. The second kappa shape index (κ2) is 8.27. The summed E-state index contributed by atoms with van der Waals surface area (Å²) in [6.45, 7) is 1.71. The lowest BCUT2D eigenvalue weighted by Crippen LogP contribution is -2.27. The lowest BCUT2D eigenvalue weighted by molar-refractivity contribution is 0.0869. The van der Waals surface area contributed by atoms with Gasteiger partial charge in [0.15, 0.2) is 0 Å². The smallest absolute Gasteiger partial charge is 0.407 e. The SMILES string of the molecule is CNC(=O)OC1CCCc2c(-c3ccccc3)nnc(C(C)O)c2CC1. The zero-order valence-corrected chi connectivity index (χ0v) is 15.2. The molecule has 0 saturated carbocycles. The van der Waals surface area contributed by atoms with Crippen molar-refractivity contribution in [3.05, 3.63) is 47.2 Å². The fourth-order valence-corrected chi connectivity index (χ4v) is 3.52. The number of hydrogen-bond donors (Lipinski definition) is 2. The standard InChI is InChI=1S/C20H25N3O3/c1-13(24)18-17-12-11-15(26-20(25)21-2)9-6-10-16(17)19(23-22-18)14-7-4-3-5-8-14/h3-5,7-8,13,15,24H,6,9-12H2,1-2H3,(H,21,25). The van der Waals surface area contributed by atoms with Crippen LogP contribution in [0, 0.1) is 0 Å². The van der Waals surface area contributed by atoms with Crippen molar-refractivity contribution in [1.82, 2.24) is 15.5 Å². The Morgan fingerprint density at radius 3 is 2.65 bits per heavy atom. The van der Waals surface area contributed by atoms with E-state index in [1.165, 1.54) is 0 Å². The van der Waals surface area contributed by atoms with Crippen molar-refractivity contribution in [3.8, 4) is 11.3 Å². The summed E-state index contributed by atoms with van der Waals surface area (Å²) in [4.78, 5) is 11.5. The highest BCUT2D eigenvalue weighted by molar-refractivity contribution is 5.67. The van der Waals surface area contributed by atoms with Crippen LogP contribution in [-0.2, 0) is 17.6 Å². The minimum atomic E-state index is -0.682. The zero-order valence-electron chi connectivity index (χ0n) is 15.2. The Labute approximate surface area is 153 Å². The van der Waals surface area contributed by atoms with Crippen LogP contribution in [0.3, 0.4) is 0 Å². The van der Waals surface area contributed by atoms with E-state index < -0.39 is 12.2 Å². The van der Waals surface area contributed by atoms with Crippen LogP contribution in [-0.4, -0.2) is 34.5 Å². The Morgan fingerprint density at radius 1 is 1.19 bits per heavy atom. The van der Waals surface area contributed by atoms with Crippen LogP contribution in [0.4, 0.5) is 4.79 Å². The Morgan fingerprint density at radius 2 is 1.96 bits per heavy atom. The van der Waals surface area contributed by atoms with Crippen LogP contribution >= 0.6 is 0 Å². The maximum atomic E-state index is 11.5. The largest absolute Gasteiger partial charge is 0.446 e. The van der Waals surface area contributed by atoms with E-state index in [1.807, 2.05) is 30.3 Å². The summed E-state index contributed by atoms with van der Waals surface area (Å²) in [6.07, 6.45) is 2.73. The quantitative estimate of drug-likeness (QED) is 0.883. The first kappa shape index (κ1) is 18.3. The van der Waals surface area contributed by atoms with Crippen LogP contribution in [0.2, 0.25) is 0 Å².